The van der Waals surface area contributed by atoms with Crippen LogP contribution in [0.2, 0.25) is 0 Å². The molecule has 1 nitrogen and oxygen atoms in total. The second-order valence-electron chi connectivity index (χ2n) is 3.67. The molecule has 0 amide bonds. The number of rotatable bonds is 3. The smallest absolute Gasteiger partial charge is 0.119 e. The van der Waals surface area contributed by atoms with E-state index in [4.69, 9.17) is 4.74 Å². The summed E-state index contributed by atoms with van der Waals surface area (Å²) >= 11 is 0. The van der Waals surface area contributed by atoms with Crippen molar-refractivity contribution >= 4 is 0 Å². The van der Waals surface area contributed by atoms with Crippen molar-refractivity contribution in [1.29, 1.82) is 0 Å². The van der Waals surface area contributed by atoms with E-state index in [-0.39, 0.29) is 0 Å². The van der Waals surface area contributed by atoms with Crippen molar-refractivity contribution in [1.82, 2.24) is 0 Å². The lowest BCUT2D eigenvalue weighted by Crippen LogP contribution is -2.24. The van der Waals surface area contributed by atoms with Gasteiger partial charge < -0.3 is 4.74 Å². The zero-order valence-corrected chi connectivity index (χ0v) is 8.12. The maximum absolute atomic E-state index is 5.75. The molecule has 1 aliphatic rings. The van der Waals surface area contributed by atoms with Gasteiger partial charge in [0, 0.05) is 0 Å². The molecule has 1 saturated carbocycles. The van der Waals surface area contributed by atoms with E-state index in [1.165, 1.54) is 24.8 Å². The van der Waals surface area contributed by atoms with Gasteiger partial charge in [0.1, 0.15) is 5.75 Å². The fraction of sp³-hybridized carbons (Fsp3) is 0.500. The topological polar surface area (TPSA) is 9.23 Å². The van der Waals surface area contributed by atoms with Gasteiger partial charge in [0.15, 0.2) is 0 Å². The van der Waals surface area contributed by atoms with E-state index in [0.29, 0.717) is 6.10 Å². The lowest BCUT2D eigenvalue weighted by Gasteiger charge is -2.26. The Morgan fingerprint density at radius 2 is 1.92 bits per heavy atom. The van der Waals surface area contributed by atoms with Crippen LogP contribution < -0.4 is 4.74 Å². The molecule has 0 radical (unpaired) electrons. The largest absolute Gasteiger partial charge is 0.490 e. The van der Waals surface area contributed by atoms with Crippen molar-refractivity contribution in [2.24, 2.45) is 0 Å². The molecule has 0 N–H and O–H groups in total. The van der Waals surface area contributed by atoms with Gasteiger partial charge in [0.05, 0.1) is 6.10 Å². The molecule has 0 bridgehead atoms. The van der Waals surface area contributed by atoms with E-state index in [2.05, 4.69) is 31.2 Å². The molecule has 70 valence electrons. The minimum atomic E-state index is 0.493. The highest BCUT2D eigenvalue weighted by molar-refractivity contribution is 5.27. The summed E-state index contributed by atoms with van der Waals surface area (Å²) in [5, 5.41) is 0. The number of hydrogen-bond donors (Lipinski definition) is 0. The highest BCUT2D eigenvalue weighted by Crippen LogP contribution is 2.25. The summed E-state index contributed by atoms with van der Waals surface area (Å²) in [5.74, 6) is 1.03. The van der Waals surface area contributed by atoms with Crippen LogP contribution in [0.25, 0.3) is 0 Å². The SMILES string of the molecule is CCc1ccc(OC2CCC2)cc1. The van der Waals surface area contributed by atoms with Gasteiger partial charge >= 0.3 is 0 Å². The molecule has 0 saturated heterocycles. The Labute approximate surface area is 79.7 Å². The van der Waals surface area contributed by atoms with Crippen LogP contribution in [-0.2, 0) is 6.42 Å². The minimum absolute atomic E-state index is 0.493. The first-order chi connectivity index (χ1) is 6.38. The molecule has 2 rings (SSSR count). The van der Waals surface area contributed by atoms with Crippen molar-refractivity contribution in [3.63, 3.8) is 0 Å². The molecule has 1 aromatic rings. The van der Waals surface area contributed by atoms with E-state index in [9.17, 15) is 0 Å². The Hall–Kier alpha value is -0.980. The van der Waals surface area contributed by atoms with E-state index in [1.807, 2.05) is 0 Å². The third kappa shape index (κ3) is 2.03. The van der Waals surface area contributed by atoms with Crippen LogP contribution in [0, 0.1) is 0 Å². The second kappa shape index (κ2) is 3.82. The fourth-order valence-electron chi connectivity index (χ4n) is 1.48. The van der Waals surface area contributed by atoms with Crippen LogP contribution in [0.1, 0.15) is 31.7 Å². The van der Waals surface area contributed by atoms with E-state index in [0.717, 1.165) is 12.2 Å². The molecular weight excluding hydrogens is 160 g/mol. The fourth-order valence-corrected chi connectivity index (χ4v) is 1.48. The first-order valence-electron chi connectivity index (χ1n) is 5.14. The average molecular weight is 176 g/mol. The predicted octanol–water partition coefficient (Wildman–Crippen LogP) is 3.18. The van der Waals surface area contributed by atoms with Gasteiger partial charge in [-0.2, -0.15) is 0 Å². The van der Waals surface area contributed by atoms with Gasteiger partial charge in [-0.1, -0.05) is 19.1 Å². The molecule has 1 aromatic carbocycles. The van der Waals surface area contributed by atoms with Crippen molar-refractivity contribution in [2.75, 3.05) is 0 Å². The zero-order valence-electron chi connectivity index (χ0n) is 8.12. The molecular formula is C12H16O. The van der Waals surface area contributed by atoms with E-state index < -0.39 is 0 Å². The van der Waals surface area contributed by atoms with Crippen molar-refractivity contribution < 1.29 is 4.74 Å². The Kier molecular flexibility index (Phi) is 2.53. The van der Waals surface area contributed by atoms with Crippen molar-refractivity contribution in [3.8, 4) is 5.75 Å². The van der Waals surface area contributed by atoms with Crippen LogP contribution in [0.3, 0.4) is 0 Å². The summed E-state index contributed by atoms with van der Waals surface area (Å²) in [5.41, 5.74) is 1.38. The second-order valence-corrected chi connectivity index (χ2v) is 3.67. The van der Waals surface area contributed by atoms with Gasteiger partial charge in [-0.3, -0.25) is 0 Å². The van der Waals surface area contributed by atoms with Crippen LogP contribution in [0.5, 0.6) is 5.75 Å². The zero-order chi connectivity index (χ0) is 9.10. The molecule has 1 heteroatoms. The van der Waals surface area contributed by atoms with E-state index in [1.54, 1.807) is 0 Å². The lowest BCUT2D eigenvalue weighted by molar-refractivity contribution is 0.120. The number of ether oxygens (including phenoxy) is 1. The number of benzene rings is 1. The van der Waals surface area contributed by atoms with Gasteiger partial charge in [-0.15, -0.1) is 0 Å². The molecule has 1 fully saturated rings. The summed E-state index contributed by atoms with van der Waals surface area (Å²) in [4.78, 5) is 0. The number of hydrogen-bond acceptors (Lipinski definition) is 1. The van der Waals surface area contributed by atoms with Gasteiger partial charge in [0.25, 0.3) is 0 Å². The van der Waals surface area contributed by atoms with E-state index >= 15 is 0 Å². The Morgan fingerprint density at radius 1 is 1.23 bits per heavy atom. The van der Waals surface area contributed by atoms with Gasteiger partial charge in [0.2, 0.25) is 0 Å². The maximum Gasteiger partial charge on any atom is 0.119 e. The Morgan fingerprint density at radius 3 is 2.38 bits per heavy atom. The number of aryl methyl sites for hydroxylation is 1. The molecule has 13 heavy (non-hydrogen) atoms. The predicted molar refractivity (Wildman–Crippen MR) is 54.1 cm³/mol. The van der Waals surface area contributed by atoms with Crippen LogP contribution in [-0.4, -0.2) is 6.10 Å². The molecule has 0 atom stereocenters. The minimum Gasteiger partial charge on any atom is -0.490 e. The highest BCUT2D eigenvalue weighted by Gasteiger charge is 2.18. The third-order valence-corrected chi connectivity index (χ3v) is 2.69. The third-order valence-electron chi connectivity index (χ3n) is 2.69. The molecule has 0 aliphatic heterocycles. The van der Waals surface area contributed by atoms with Crippen LogP contribution in [0.15, 0.2) is 24.3 Å². The summed E-state index contributed by atoms with van der Waals surface area (Å²) < 4.78 is 5.75. The highest BCUT2D eigenvalue weighted by atomic mass is 16.5. The van der Waals surface area contributed by atoms with Crippen molar-refractivity contribution in [3.05, 3.63) is 29.8 Å². The quantitative estimate of drug-likeness (QED) is 0.687. The monoisotopic (exact) mass is 176 g/mol. The summed E-state index contributed by atoms with van der Waals surface area (Å²) in [6.45, 7) is 2.17. The average Bonchev–Trinajstić information content (AvgIpc) is 2.12. The molecule has 1 aliphatic carbocycles. The van der Waals surface area contributed by atoms with Gasteiger partial charge in [-0.25, -0.2) is 0 Å². The van der Waals surface area contributed by atoms with Crippen molar-refractivity contribution in [2.45, 2.75) is 38.7 Å². The maximum atomic E-state index is 5.75. The summed E-state index contributed by atoms with van der Waals surface area (Å²) in [6.07, 6.45) is 5.39. The lowest BCUT2D eigenvalue weighted by atomic mass is 9.96. The Balaban J connectivity index is 1.96. The van der Waals surface area contributed by atoms with Crippen LogP contribution in [0.4, 0.5) is 0 Å². The standard InChI is InChI=1S/C12H16O/c1-2-10-6-8-12(9-7-10)13-11-4-3-5-11/h6-9,11H,2-5H2,1H3. The summed E-state index contributed by atoms with van der Waals surface area (Å²) in [7, 11) is 0. The van der Waals surface area contributed by atoms with Crippen LogP contribution >= 0.6 is 0 Å². The normalized spacial score (nSPS) is 16.7. The molecule has 0 unspecified atom stereocenters. The Bertz CT molecular complexity index is 259. The first kappa shape index (κ1) is 8.61. The first-order valence-corrected chi connectivity index (χ1v) is 5.14. The van der Waals surface area contributed by atoms with Gasteiger partial charge in [-0.05, 0) is 43.4 Å². The molecule has 0 heterocycles. The molecule has 0 spiro atoms. The summed E-state index contributed by atoms with van der Waals surface area (Å²) in [6, 6.07) is 8.45. The molecule has 0 aromatic heterocycles.